The summed E-state index contributed by atoms with van der Waals surface area (Å²) in [6.07, 6.45) is 1.57. The van der Waals surface area contributed by atoms with Gasteiger partial charge in [0.15, 0.2) is 0 Å². The predicted molar refractivity (Wildman–Crippen MR) is 147 cm³/mol. The van der Waals surface area contributed by atoms with Crippen molar-refractivity contribution in [3.63, 3.8) is 0 Å². The summed E-state index contributed by atoms with van der Waals surface area (Å²) in [6.45, 7) is 5.10. The zero-order valence-electron chi connectivity index (χ0n) is 21.6. The number of rotatable bonds is 3. The fourth-order valence-corrected chi connectivity index (χ4v) is 5.17. The minimum atomic E-state index is -1.11. The fraction of sp³-hybridized carbons (Fsp3) is 0.172. The van der Waals surface area contributed by atoms with Crippen LogP contribution in [0.4, 0.5) is 4.39 Å². The van der Waals surface area contributed by atoms with Gasteiger partial charge in [-0.05, 0) is 62.2 Å². The van der Waals surface area contributed by atoms with Crippen LogP contribution in [-0.2, 0) is 12.6 Å². The number of aromatic amines is 1. The lowest BCUT2D eigenvalue weighted by molar-refractivity contribution is 0.0787. The minimum absolute atomic E-state index is 0.0598. The maximum Gasteiger partial charge on any atom is 0.335 e. The van der Waals surface area contributed by atoms with E-state index in [4.69, 9.17) is 0 Å². The van der Waals surface area contributed by atoms with Gasteiger partial charge in [0.05, 0.1) is 45.1 Å². The predicted octanol–water partition coefficient (Wildman–Crippen LogP) is 3.52. The number of hydrogen-bond acceptors (Lipinski definition) is 5. The SMILES string of the molecule is Cc1c(-c2cnc3c(=O)[nH]c4cc(C(C)(C)O)ccc4n23)cccc1-n1c(=O)c2cccc(F)c2n(C)c1=O. The molecule has 0 saturated heterocycles. The van der Waals surface area contributed by atoms with E-state index in [2.05, 4.69) is 9.97 Å². The molecule has 0 unspecified atom stereocenters. The topological polar surface area (TPSA) is 114 Å². The van der Waals surface area contributed by atoms with Crippen molar-refractivity contribution in [1.82, 2.24) is 23.5 Å². The van der Waals surface area contributed by atoms with Crippen LogP contribution in [-0.4, -0.2) is 28.6 Å². The molecule has 0 fully saturated rings. The lowest BCUT2D eigenvalue weighted by Crippen LogP contribution is -2.38. The van der Waals surface area contributed by atoms with Crippen molar-refractivity contribution in [2.75, 3.05) is 0 Å². The van der Waals surface area contributed by atoms with E-state index in [1.807, 2.05) is 6.07 Å². The first-order chi connectivity index (χ1) is 18.5. The Kier molecular flexibility index (Phi) is 5.24. The van der Waals surface area contributed by atoms with Gasteiger partial charge >= 0.3 is 5.69 Å². The van der Waals surface area contributed by atoms with Crippen LogP contribution in [0.25, 0.3) is 44.5 Å². The summed E-state index contributed by atoms with van der Waals surface area (Å²) in [5.41, 5.74) is 1.24. The van der Waals surface area contributed by atoms with Gasteiger partial charge in [-0.3, -0.25) is 18.6 Å². The second-order valence-corrected chi connectivity index (χ2v) is 10.1. The molecular weight excluding hydrogens is 501 g/mol. The second-order valence-electron chi connectivity index (χ2n) is 10.1. The van der Waals surface area contributed by atoms with E-state index >= 15 is 0 Å². The third kappa shape index (κ3) is 3.56. The molecule has 0 aliphatic carbocycles. The number of imidazole rings is 1. The minimum Gasteiger partial charge on any atom is -0.386 e. The van der Waals surface area contributed by atoms with Crippen molar-refractivity contribution in [3.05, 3.63) is 109 Å². The number of aliphatic hydroxyl groups is 1. The summed E-state index contributed by atoms with van der Waals surface area (Å²) in [7, 11) is 1.42. The number of para-hydroxylation sites is 1. The molecule has 9 nitrogen and oxygen atoms in total. The van der Waals surface area contributed by atoms with Gasteiger partial charge in [-0.15, -0.1) is 0 Å². The number of H-pyrrole nitrogens is 1. The Morgan fingerprint density at radius 3 is 2.51 bits per heavy atom. The Balaban J connectivity index is 1.65. The van der Waals surface area contributed by atoms with Crippen LogP contribution in [0.2, 0.25) is 0 Å². The van der Waals surface area contributed by atoms with E-state index in [-0.39, 0.29) is 16.6 Å². The smallest absolute Gasteiger partial charge is 0.335 e. The molecule has 0 bridgehead atoms. The molecule has 3 aromatic heterocycles. The molecular formula is C29H24FN5O4. The van der Waals surface area contributed by atoms with Crippen molar-refractivity contribution in [2.24, 2.45) is 7.05 Å². The number of fused-ring (bicyclic) bond motifs is 4. The molecule has 3 heterocycles. The standard InChI is InChI=1S/C29H24FN5O4/c1-15-17(7-6-10-21(15)35-27(37)18-8-5-9-19(30)24(18)33(4)28(35)38)23-14-31-25-26(36)32-20-13-16(29(2,3)39)11-12-22(20)34(23)25/h5-14,39H,1-4H3,(H,32,36). The van der Waals surface area contributed by atoms with E-state index < -0.39 is 28.2 Å². The first-order valence-electron chi connectivity index (χ1n) is 12.3. The molecule has 6 rings (SSSR count). The lowest BCUT2D eigenvalue weighted by atomic mass is 9.98. The molecule has 196 valence electrons. The number of halogens is 1. The van der Waals surface area contributed by atoms with Gasteiger partial charge in [-0.2, -0.15) is 0 Å². The van der Waals surface area contributed by atoms with Crippen LogP contribution in [0.5, 0.6) is 0 Å². The van der Waals surface area contributed by atoms with E-state index in [1.54, 1.807) is 61.7 Å². The summed E-state index contributed by atoms with van der Waals surface area (Å²) in [4.78, 5) is 46.9. The van der Waals surface area contributed by atoms with Crippen LogP contribution in [0, 0.1) is 12.7 Å². The number of aryl methyl sites for hydroxylation is 1. The molecule has 10 heteroatoms. The quantitative estimate of drug-likeness (QED) is 0.367. The highest BCUT2D eigenvalue weighted by atomic mass is 19.1. The van der Waals surface area contributed by atoms with Crippen LogP contribution >= 0.6 is 0 Å². The maximum atomic E-state index is 14.5. The van der Waals surface area contributed by atoms with E-state index in [1.165, 1.54) is 25.2 Å². The van der Waals surface area contributed by atoms with E-state index in [9.17, 15) is 23.9 Å². The molecule has 0 aliphatic rings. The molecule has 39 heavy (non-hydrogen) atoms. The Bertz CT molecular complexity index is 2160. The molecule has 6 aromatic rings. The Morgan fingerprint density at radius 1 is 1.03 bits per heavy atom. The summed E-state index contributed by atoms with van der Waals surface area (Å²) in [6, 6.07) is 14.6. The van der Waals surface area contributed by atoms with Crippen LogP contribution in [0.1, 0.15) is 25.0 Å². The molecule has 0 aliphatic heterocycles. The van der Waals surface area contributed by atoms with Gasteiger partial charge in [0.25, 0.3) is 11.1 Å². The molecule has 0 radical (unpaired) electrons. The number of benzene rings is 3. The van der Waals surface area contributed by atoms with Crippen molar-refractivity contribution in [2.45, 2.75) is 26.4 Å². The van der Waals surface area contributed by atoms with Gasteiger partial charge in [0.2, 0.25) is 5.65 Å². The largest absolute Gasteiger partial charge is 0.386 e. The zero-order chi connectivity index (χ0) is 27.8. The van der Waals surface area contributed by atoms with Gasteiger partial charge in [-0.25, -0.2) is 18.7 Å². The van der Waals surface area contributed by atoms with Crippen molar-refractivity contribution >= 4 is 27.6 Å². The van der Waals surface area contributed by atoms with Crippen molar-refractivity contribution < 1.29 is 9.50 Å². The summed E-state index contributed by atoms with van der Waals surface area (Å²) >= 11 is 0. The molecule has 0 atom stereocenters. The maximum absolute atomic E-state index is 14.5. The highest BCUT2D eigenvalue weighted by Crippen LogP contribution is 2.30. The van der Waals surface area contributed by atoms with Crippen LogP contribution < -0.4 is 16.8 Å². The van der Waals surface area contributed by atoms with Crippen molar-refractivity contribution in [1.29, 1.82) is 0 Å². The first kappa shape index (κ1) is 24.5. The summed E-state index contributed by atoms with van der Waals surface area (Å²) in [5.74, 6) is -0.655. The van der Waals surface area contributed by atoms with Gasteiger partial charge in [-0.1, -0.05) is 24.3 Å². The van der Waals surface area contributed by atoms with E-state index in [0.29, 0.717) is 39.1 Å². The van der Waals surface area contributed by atoms with Crippen molar-refractivity contribution in [3.8, 4) is 16.9 Å². The number of hydrogen-bond donors (Lipinski definition) is 2. The molecule has 2 N–H and O–H groups in total. The van der Waals surface area contributed by atoms with Gasteiger partial charge < -0.3 is 10.1 Å². The third-order valence-electron chi connectivity index (χ3n) is 7.21. The molecule has 0 spiro atoms. The highest BCUT2D eigenvalue weighted by Gasteiger charge is 2.21. The average molecular weight is 526 g/mol. The van der Waals surface area contributed by atoms with E-state index in [0.717, 1.165) is 9.13 Å². The normalized spacial score (nSPS) is 12.2. The number of nitrogens with zero attached hydrogens (tertiary/aromatic N) is 4. The average Bonchev–Trinajstić information content (AvgIpc) is 3.33. The Labute approximate surface area is 220 Å². The number of nitrogens with one attached hydrogen (secondary N) is 1. The monoisotopic (exact) mass is 525 g/mol. The van der Waals surface area contributed by atoms with Crippen LogP contribution in [0.15, 0.2) is 75.2 Å². The third-order valence-corrected chi connectivity index (χ3v) is 7.21. The first-order valence-corrected chi connectivity index (χ1v) is 12.3. The Morgan fingerprint density at radius 2 is 1.77 bits per heavy atom. The summed E-state index contributed by atoms with van der Waals surface area (Å²) < 4.78 is 18.4. The summed E-state index contributed by atoms with van der Waals surface area (Å²) in [5, 5.41) is 10.5. The van der Waals surface area contributed by atoms with Gasteiger partial charge in [0.1, 0.15) is 5.82 Å². The van der Waals surface area contributed by atoms with Gasteiger partial charge in [0, 0.05) is 12.6 Å². The zero-order valence-corrected chi connectivity index (χ0v) is 21.6. The molecule has 3 aromatic carbocycles. The number of aromatic nitrogens is 5. The molecule has 0 saturated carbocycles. The lowest BCUT2D eigenvalue weighted by Gasteiger charge is -2.18. The highest BCUT2D eigenvalue weighted by molar-refractivity contribution is 5.83. The molecule has 0 amide bonds. The second kappa shape index (κ2) is 8.34. The fourth-order valence-electron chi connectivity index (χ4n) is 5.17. The Hall–Kier alpha value is -4.83. The van der Waals surface area contributed by atoms with Crippen LogP contribution in [0.3, 0.4) is 0 Å².